The maximum Gasteiger partial charge on any atom is 0.0494 e. The van der Waals surface area contributed by atoms with Crippen LogP contribution in [0.15, 0.2) is 0 Å². The Morgan fingerprint density at radius 2 is 0.926 bits per heavy atom. The van der Waals surface area contributed by atoms with Crippen molar-refractivity contribution in [2.75, 3.05) is 19.8 Å². The van der Waals surface area contributed by atoms with Crippen molar-refractivity contribution in [3.05, 3.63) is 0 Å². The quantitative estimate of drug-likeness (QED) is 0.245. The van der Waals surface area contributed by atoms with Crippen molar-refractivity contribution in [2.24, 2.45) is 17.8 Å². The van der Waals surface area contributed by atoms with Gasteiger partial charge in [-0.1, -0.05) is 99.3 Å². The van der Waals surface area contributed by atoms with Gasteiger partial charge in [0.15, 0.2) is 0 Å². The van der Waals surface area contributed by atoms with Crippen LogP contribution in [0.25, 0.3) is 0 Å². The molecule has 0 aliphatic rings. The molecule has 3 atom stereocenters. The Kier molecular flexibility index (Phi) is 31.9. The van der Waals surface area contributed by atoms with E-state index in [1.807, 2.05) is 0 Å². The van der Waals surface area contributed by atoms with E-state index >= 15 is 0 Å². The number of unbranched alkanes of at least 4 members (excludes halogenated alkanes) is 3. The van der Waals surface area contributed by atoms with E-state index in [9.17, 15) is 0 Å². The summed E-state index contributed by atoms with van der Waals surface area (Å²) in [5, 5.41) is 8.75. The molecule has 0 radical (unpaired) electrons. The van der Waals surface area contributed by atoms with Crippen molar-refractivity contribution in [2.45, 2.75) is 119 Å². The van der Waals surface area contributed by atoms with Crippen LogP contribution in [0.2, 0.25) is 0 Å². The summed E-state index contributed by atoms with van der Waals surface area (Å²) in [7, 11) is 0. The minimum absolute atomic E-state index is 0. The molecule has 0 amide bonds. The Hall–Kier alpha value is 0.634. The van der Waals surface area contributed by atoms with Gasteiger partial charge in [0.05, 0.1) is 0 Å². The van der Waals surface area contributed by atoms with E-state index in [1.54, 1.807) is 0 Å². The van der Waals surface area contributed by atoms with Crippen LogP contribution in [-0.2, 0) is 26.5 Å². The fourth-order valence-electron chi connectivity index (χ4n) is 3.11. The number of hydrogen-bond acceptors (Lipinski definition) is 2. The summed E-state index contributed by atoms with van der Waals surface area (Å²) in [4.78, 5) is 0. The zero-order chi connectivity index (χ0) is 20.0. The first-order valence-corrected chi connectivity index (χ1v) is 11.8. The summed E-state index contributed by atoms with van der Waals surface area (Å²) in [5.74, 6) is 2.14. The largest absolute Gasteiger partial charge is 0.396 e. The van der Waals surface area contributed by atoms with Gasteiger partial charge in [-0.05, 0) is 37.0 Å². The molecule has 0 bridgehead atoms. The van der Waals surface area contributed by atoms with E-state index < -0.39 is 0 Å². The van der Waals surface area contributed by atoms with Gasteiger partial charge in [-0.3, -0.25) is 0 Å². The molecule has 0 aliphatic heterocycles. The van der Waals surface area contributed by atoms with Crippen molar-refractivity contribution >= 4 is 0 Å². The number of ether oxygens (including phenoxy) is 1. The molecule has 0 saturated carbocycles. The molecule has 0 saturated heterocycles. The third kappa shape index (κ3) is 22.8. The Labute approximate surface area is 187 Å². The summed E-state index contributed by atoms with van der Waals surface area (Å²) < 4.78 is 5.93. The standard InChI is InChI=1S/C16H34O.C8H18O.Ti/c1-5-9-11-15(7-3)13-17-14-16(8-4)12-10-6-2;1-3-5-6-8(4-2)7-9;/h15-16H,5-14H2,1-4H3;8-9H,3-7H2,1-2H3;. The SMILES string of the molecule is CCCCC(CC)CO.CCCCC(CC)COCC(CC)CCCC.[Ti]. The molecule has 0 aromatic carbocycles. The van der Waals surface area contributed by atoms with Gasteiger partial charge in [0.1, 0.15) is 0 Å². The molecule has 1 N–H and O–H groups in total. The van der Waals surface area contributed by atoms with E-state index in [0.29, 0.717) is 12.5 Å². The molecule has 3 heteroatoms. The zero-order valence-corrected chi connectivity index (χ0v) is 21.3. The van der Waals surface area contributed by atoms with Crippen LogP contribution in [-0.4, -0.2) is 24.9 Å². The minimum atomic E-state index is 0. The van der Waals surface area contributed by atoms with E-state index in [0.717, 1.165) is 31.5 Å². The molecule has 164 valence electrons. The molecule has 0 rings (SSSR count). The first-order chi connectivity index (χ1) is 12.6. The van der Waals surface area contributed by atoms with Crippen molar-refractivity contribution in [1.29, 1.82) is 0 Å². The van der Waals surface area contributed by atoms with Gasteiger partial charge in [-0.25, -0.2) is 0 Å². The first-order valence-electron chi connectivity index (χ1n) is 11.8. The predicted octanol–water partition coefficient (Wildman–Crippen LogP) is 7.63. The number of rotatable bonds is 17. The minimum Gasteiger partial charge on any atom is -0.396 e. The molecule has 0 fully saturated rings. The second kappa shape index (κ2) is 26.6. The maximum atomic E-state index is 8.75. The second-order valence-electron chi connectivity index (χ2n) is 7.97. The molecule has 0 aliphatic carbocycles. The molecule has 27 heavy (non-hydrogen) atoms. The second-order valence-corrected chi connectivity index (χ2v) is 7.97. The molecular formula is C24H52O2Ti. The Morgan fingerprint density at radius 3 is 1.19 bits per heavy atom. The van der Waals surface area contributed by atoms with Gasteiger partial charge < -0.3 is 9.84 Å². The molecule has 0 aromatic rings. The summed E-state index contributed by atoms with van der Waals surface area (Å²) in [6.07, 6.45) is 15.4. The number of aliphatic hydroxyl groups is 1. The van der Waals surface area contributed by atoms with Gasteiger partial charge in [-0.15, -0.1) is 0 Å². The van der Waals surface area contributed by atoms with Crippen LogP contribution in [0, 0.1) is 17.8 Å². The van der Waals surface area contributed by atoms with E-state index in [-0.39, 0.29) is 21.7 Å². The van der Waals surface area contributed by atoms with Crippen LogP contribution in [0.3, 0.4) is 0 Å². The molecular weight excluding hydrogens is 368 g/mol. The molecule has 0 spiro atoms. The van der Waals surface area contributed by atoms with Gasteiger partial charge in [0.25, 0.3) is 0 Å². The van der Waals surface area contributed by atoms with E-state index in [2.05, 4.69) is 41.5 Å². The van der Waals surface area contributed by atoms with Crippen LogP contribution >= 0.6 is 0 Å². The smallest absolute Gasteiger partial charge is 0.0494 e. The summed E-state index contributed by atoms with van der Waals surface area (Å²) >= 11 is 0. The van der Waals surface area contributed by atoms with Crippen LogP contribution in [0.5, 0.6) is 0 Å². The van der Waals surface area contributed by atoms with Gasteiger partial charge in [-0.2, -0.15) is 0 Å². The van der Waals surface area contributed by atoms with Crippen LogP contribution in [0.1, 0.15) is 119 Å². The first kappa shape index (κ1) is 32.3. The number of hydrogen-bond donors (Lipinski definition) is 1. The van der Waals surface area contributed by atoms with Crippen molar-refractivity contribution in [1.82, 2.24) is 0 Å². The topological polar surface area (TPSA) is 29.5 Å². The summed E-state index contributed by atoms with van der Waals surface area (Å²) in [6.45, 7) is 15.8. The third-order valence-electron chi connectivity index (χ3n) is 5.60. The van der Waals surface area contributed by atoms with Crippen molar-refractivity contribution in [3.8, 4) is 0 Å². The molecule has 0 heterocycles. The van der Waals surface area contributed by atoms with Crippen LogP contribution < -0.4 is 0 Å². The Morgan fingerprint density at radius 1 is 0.593 bits per heavy atom. The Balaban J connectivity index is -0.000000491. The van der Waals surface area contributed by atoms with Crippen LogP contribution in [0.4, 0.5) is 0 Å². The van der Waals surface area contributed by atoms with Gasteiger partial charge >= 0.3 is 0 Å². The molecule has 0 aromatic heterocycles. The maximum absolute atomic E-state index is 8.75. The predicted molar refractivity (Wildman–Crippen MR) is 118 cm³/mol. The average molecular weight is 421 g/mol. The van der Waals surface area contributed by atoms with E-state index in [1.165, 1.54) is 70.6 Å². The fraction of sp³-hybridized carbons (Fsp3) is 1.00. The fourth-order valence-corrected chi connectivity index (χ4v) is 3.11. The Bertz CT molecular complexity index is 229. The van der Waals surface area contributed by atoms with Gasteiger partial charge in [0, 0.05) is 41.5 Å². The molecule has 3 unspecified atom stereocenters. The molecule has 2 nitrogen and oxygen atoms in total. The van der Waals surface area contributed by atoms with E-state index in [4.69, 9.17) is 9.84 Å². The zero-order valence-electron chi connectivity index (χ0n) is 19.7. The monoisotopic (exact) mass is 420 g/mol. The normalized spacial score (nSPS) is 13.9. The van der Waals surface area contributed by atoms with Gasteiger partial charge in [0.2, 0.25) is 0 Å². The summed E-state index contributed by atoms with van der Waals surface area (Å²) in [6, 6.07) is 0. The third-order valence-corrected chi connectivity index (χ3v) is 5.60. The van der Waals surface area contributed by atoms with Crippen molar-refractivity contribution < 1.29 is 31.6 Å². The number of aliphatic hydroxyl groups excluding tert-OH is 1. The summed E-state index contributed by atoms with van der Waals surface area (Å²) in [5.41, 5.74) is 0. The average Bonchev–Trinajstić information content (AvgIpc) is 2.68. The van der Waals surface area contributed by atoms with Crippen molar-refractivity contribution in [3.63, 3.8) is 0 Å².